The zero-order chi connectivity index (χ0) is 10.7. The Hall–Kier alpha value is -1.48. The summed E-state index contributed by atoms with van der Waals surface area (Å²) in [4.78, 5) is 1.99. The minimum atomic E-state index is -0.231. The Balaban J connectivity index is 2.15. The quantitative estimate of drug-likeness (QED) is 0.833. The summed E-state index contributed by atoms with van der Waals surface area (Å²) < 4.78 is 12.6. The number of aromatic hydroxyl groups is 1. The van der Waals surface area contributed by atoms with Gasteiger partial charge in [0.05, 0.1) is 0 Å². The molecule has 2 rings (SSSR count). The maximum Gasteiger partial charge on any atom is 0.123 e. The molecule has 0 spiro atoms. The fraction of sp³-hybridized carbons (Fsp3) is 0. The van der Waals surface area contributed by atoms with Crippen LogP contribution in [0.15, 0.2) is 58.3 Å². The summed E-state index contributed by atoms with van der Waals surface area (Å²) >= 11 is 1.53. The van der Waals surface area contributed by atoms with E-state index in [0.29, 0.717) is 0 Å². The van der Waals surface area contributed by atoms with Crippen LogP contribution >= 0.6 is 11.8 Å². The van der Waals surface area contributed by atoms with Gasteiger partial charge in [-0.15, -0.1) is 0 Å². The summed E-state index contributed by atoms with van der Waals surface area (Å²) in [5.41, 5.74) is 0. The first-order valence-corrected chi connectivity index (χ1v) is 5.28. The average Bonchev–Trinajstić information content (AvgIpc) is 2.25. The molecule has 0 atom stereocenters. The molecule has 0 aliphatic rings. The van der Waals surface area contributed by atoms with Crippen molar-refractivity contribution >= 4 is 11.8 Å². The Bertz CT molecular complexity index is 393. The molecule has 0 amide bonds. The summed E-state index contributed by atoms with van der Waals surface area (Å²) in [6.07, 6.45) is 0. The molecule has 2 aromatic rings. The Morgan fingerprint density at radius 2 is 1.27 bits per heavy atom. The van der Waals surface area contributed by atoms with Gasteiger partial charge in [-0.2, -0.15) is 0 Å². The van der Waals surface area contributed by atoms with Crippen LogP contribution in [0.3, 0.4) is 0 Å². The zero-order valence-electron chi connectivity index (χ0n) is 7.85. The molecular formula is C12H9FOS. The normalized spacial score (nSPS) is 10.2. The Labute approximate surface area is 91.6 Å². The predicted molar refractivity (Wildman–Crippen MR) is 58.6 cm³/mol. The van der Waals surface area contributed by atoms with Gasteiger partial charge in [0.15, 0.2) is 0 Å². The molecular weight excluding hydrogens is 211 g/mol. The number of halogens is 1. The standard InChI is InChI=1S/C12H9FOS/c13-9-1-5-11(6-2-9)15-12-7-3-10(14)4-8-12/h1-8,14H. The van der Waals surface area contributed by atoms with E-state index in [1.54, 1.807) is 24.3 Å². The SMILES string of the molecule is Oc1ccc(Sc2ccc(F)cc2)cc1. The van der Waals surface area contributed by atoms with Gasteiger partial charge in [0.1, 0.15) is 11.6 Å². The lowest BCUT2D eigenvalue weighted by Crippen LogP contribution is -1.75. The monoisotopic (exact) mass is 220 g/mol. The van der Waals surface area contributed by atoms with Gasteiger partial charge >= 0.3 is 0 Å². The van der Waals surface area contributed by atoms with Crippen LogP contribution in [0.25, 0.3) is 0 Å². The Morgan fingerprint density at radius 1 is 0.800 bits per heavy atom. The van der Waals surface area contributed by atoms with E-state index in [1.165, 1.54) is 23.9 Å². The van der Waals surface area contributed by atoms with Crippen LogP contribution in [0.1, 0.15) is 0 Å². The van der Waals surface area contributed by atoms with E-state index in [4.69, 9.17) is 5.11 Å². The number of phenols is 1. The molecule has 0 unspecified atom stereocenters. The summed E-state index contributed by atoms with van der Waals surface area (Å²) in [7, 11) is 0. The van der Waals surface area contributed by atoms with Gasteiger partial charge in [-0.1, -0.05) is 11.8 Å². The highest BCUT2D eigenvalue weighted by Gasteiger charge is 1.97. The number of hydrogen-bond donors (Lipinski definition) is 1. The summed E-state index contributed by atoms with van der Waals surface area (Å²) in [6.45, 7) is 0. The molecule has 3 heteroatoms. The van der Waals surface area contributed by atoms with E-state index in [2.05, 4.69) is 0 Å². The number of hydrogen-bond acceptors (Lipinski definition) is 2. The highest BCUT2D eigenvalue weighted by atomic mass is 32.2. The van der Waals surface area contributed by atoms with E-state index in [0.717, 1.165) is 9.79 Å². The topological polar surface area (TPSA) is 20.2 Å². The minimum Gasteiger partial charge on any atom is -0.508 e. The van der Waals surface area contributed by atoms with Gasteiger partial charge in [-0.05, 0) is 48.5 Å². The first-order chi connectivity index (χ1) is 7.24. The molecule has 0 saturated heterocycles. The third kappa shape index (κ3) is 2.73. The average molecular weight is 220 g/mol. The lowest BCUT2D eigenvalue weighted by Gasteiger charge is -2.01. The van der Waals surface area contributed by atoms with Crippen molar-refractivity contribution in [3.05, 3.63) is 54.3 Å². The molecule has 2 aromatic carbocycles. The first-order valence-electron chi connectivity index (χ1n) is 4.46. The van der Waals surface area contributed by atoms with Crippen molar-refractivity contribution in [3.63, 3.8) is 0 Å². The zero-order valence-corrected chi connectivity index (χ0v) is 8.67. The van der Waals surface area contributed by atoms with Crippen molar-refractivity contribution < 1.29 is 9.50 Å². The Kier molecular flexibility index (Phi) is 2.92. The van der Waals surface area contributed by atoms with Gasteiger partial charge in [0.2, 0.25) is 0 Å². The van der Waals surface area contributed by atoms with Crippen molar-refractivity contribution in [1.29, 1.82) is 0 Å². The third-order valence-corrected chi connectivity index (χ3v) is 2.90. The molecule has 15 heavy (non-hydrogen) atoms. The van der Waals surface area contributed by atoms with Crippen LogP contribution in [-0.2, 0) is 0 Å². The summed E-state index contributed by atoms with van der Waals surface area (Å²) in [6, 6.07) is 13.2. The molecule has 1 nitrogen and oxygen atoms in total. The maximum atomic E-state index is 12.6. The van der Waals surface area contributed by atoms with Crippen LogP contribution in [0.4, 0.5) is 4.39 Å². The van der Waals surface area contributed by atoms with Crippen LogP contribution in [0, 0.1) is 5.82 Å². The van der Waals surface area contributed by atoms with Crippen molar-refractivity contribution in [2.24, 2.45) is 0 Å². The van der Waals surface area contributed by atoms with E-state index in [-0.39, 0.29) is 11.6 Å². The van der Waals surface area contributed by atoms with Gasteiger partial charge in [-0.3, -0.25) is 0 Å². The second-order valence-corrected chi connectivity index (χ2v) is 4.20. The predicted octanol–water partition coefficient (Wildman–Crippen LogP) is 3.68. The first kappa shape index (κ1) is 10.1. The molecule has 0 fully saturated rings. The number of rotatable bonds is 2. The molecule has 76 valence electrons. The van der Waals surface area contributed by atoms with Crippen LogP contribution in [0.2, 0.25) is 0 Å². The molecule has 0 aliphatic heterocycles. The van der Waals surface area contributed by atoms with E-state index in [1.807, 2.05) is 12.1 Å². The maximum absolute atomic E-state index is 12.6. The van der Waals surface area contributed by atoms with Crippen LogP contribution in [-0.4, -0.2) is 5.11 Å². The van der Waals surface area contributed by atoms with Crippen LogP contribution < -0.4 is 0 Å². The van der Waals surface area contributed by atoms with E-state index in [9.17, 15) is 4.39 Å². The Morgan fingerprint density at radius 3 is 1.80 bits per heavy atom. The minimum absolute atomic E-state index is 0.231. The number of phenolic OH excluding ortho intramolecular Hbond substituents is 1. The van der Waals surface area contributed by atoms with E-state index < -0.39 is 0 Å². The fourth-order valence-corrected chi connectivity index (χ4v) is 1.97. The summed E-state index contributed by atoms with van der Waals surface area (Å²) in [5.74, 6) is 0.0171. The smallest absolute Gasteiger partial charge is 0.123 e. The molecule has 1 N–H and O–H groups in total. The second-order valence-electron chi connectivity index (χ2n) is 3.05. The highest BCUT2D eigenvalue weighted by molar-refractivity contribution is 7.99. The molecule has 0 heterocycles. The molecule has 0 saturated carbocycles. The van der Waals surface area contributed by atoms with Crippen LogP contribution in [0.5, 0.6) is 5.75 Å². The third-order valence-electron chi connectivity index (χ3n) is 1.89. The van der Waals surface area contributed by atoms with Gasteiger partial charge in [-0.25, -0.2) is 4.39 Å². The molecule has 0 aliphatic carbocycles. The van der Waals surface area contributed by atoms with Crippen molar-refractivity contribution in [3.8, 4) is 5.75 Å². The van der Waals surface area contributed by atoms with Crippen molar-refractivity contribution in [1.82, 2.24) is 0 Å². The molecule has 0 aromatic heterocycles. The molecule has 0 radical (unpaired) electrons. The fourth-order valence-electron chi connectivity index (χ4n) is 1.15. The van der Waals surface area contributed by atoms with Gasteiger partial charge in [0.25, 0.3) is 0 Å². The van der Waals surface area contributed by atoms with E-state index >= 15 is 0 Å². The van der Waals surface area contributed by atoms with Crippen molar-refractivity contribution in [2.75, 3.05) is 0 Å². The van der Waals surface area contributed by atoms with Gasteiger partial charge in [0, 0.05) is 9.79 Å². The lowest BCUT2D eigenvalue weighted by atomic mass is 10.3. The lowest BCUT2D eigenvalue weighted by molar-refractivity contribution is 0.475. The molecule has 0 bridgehead atoms. The summed E-state index contributed by atoms with van der Waals surface area (Å²) in [5, 5.41) is 9.10. The van der Waals surface area contributed by atoms with Crippen molar-refractivity contribution in [2.45, 2.75) is 9.79 Å². The largest absolute Gasteiger partial charge is 0.508 e. The second kappa shape index (κ2) is 4.36. The highest BCUT2D eigenvalue weighted by Crippen LogP contribution is 2.28. The van der Waals surface area contributed by atoms with Gasteiger partial charge < -0.3 is 5.11 Å². The number of benzene rings is 2.